The van der Waals surface area contributed by atoms with Gasteiger partial charge >= 0.3 is 0 Å². The lowest BCUT2D eigenvalue weighted by Gasteiger charge is -2.23. The van der Waals surface area contributed by atoms with Gasteiger partial charge in [-0.15, -0.1) is 0 Å². The van der Waals surface area contributed by atoms with Crippen molar-refractivity contribution in [2.24, 2.45) is 5.41 Å². The summed E-state index contributed by atoms with van der Waals surface area (Å²) in [5.74, 6) is -0.205. The highest BCUT2D eigenvalue weighted by Gasteiger charge is 2.36. The molecule has 2 N–H and O–H groups in total. The summed E-state index contributed by atoms with van der Waals surface area (Å²) in [7, 11) is 1.53. The van der Waals surface area contributed by atoms with E-state index >= 15 is 0 Å². The smallest absolute Gasteiger partial charge is 0.239 e. The number of aromatic nitrogens is 1. The number of methoxy groups -OCH3 is 1. The van der Waals surface area contributed by atoms with E-state index in [9.17, 15) is 9.59 Å². The molecule has 0 aliphatic rings. The molecule has 0 saturated heterocycles. The Balaban J connectivity index is 2.06. The number of benzene rings is 1. The van der Waals surface area contributed by atoms with Crippen LogP contribution in [0.5, 0.6) is 5.75 Å². The van der Waals surface area contributed by atoms with Crippen molar-refractivity contribution in [1.29, 1.82) is 0 Å². The fourth-order valence-electron chi connectivity index (χ4n) is 2.21. The van der Waals surface area contributed by atoms with Crippen LogP contribution in [-0.4, -0.2) is 23.9 Å². The monoisotopic (exact) mass is 341 g/mol. The van der Waals surface area contributed by atoms with Gasteiger partial charge in [0.2, 0.25) is 11.8 Å². The van der Waals surface area contributed by atoms with Gasteiger partial charge in [0.15, 0.2) is 0 Å². The van der Waals surface area contributed by atoms with Crippen LogP contribution in [0.2, 0.25) is 0 Å². The van der Waals surface area contributed by atoms with E-state index in [4.69, 9.17) is 4.74 Å². The molecule has 132 valence electrons. The Morgan fingerprint density at radius 1 is 1.12 bits per heavy atom. The molecule has 0 aliphatic heterocycles. The summed E-state index contributed by atoms with van der Waals surface area (Å²) in [5, 5.41) is 5.57. The highest BCUT2D eigenvalue weighted by atomic mass is 16.5. The van der Waals surface area contributed by atoms with E-state index in [1.54, 1.807) is 32.3 Å². The van der Waals surface area contributed by atoms with Gasteiger partial charge in [0.1, 0.15) is 11.2 Å². The Bertz CT molecular complexity index is 758. The van der Waals surface area contributed by atoms with Crippen molar-refractivity contribution in [3.63, 3.8) is 0 Å². The molecule has 1 heterocycles. The third kappa shape index (κ3) is 4.56. The van der Waals surface area contributed by atoms with Gasteiger partial charge in [-0.25, -0.2) is 0 Å². The molecule has 0 saturated carbocycles. The number of anilines is 1. The quantitative estimate of drug-likeness (QED) is 0.792. The average Bonchev–Trinajstić information content (AvgIpc) is 2.60. The molecule has 0 bridgehead atoms. The Morgan fingerprint density at radius 3 is 2.44 bits per heavy atom. The van der Waals surface area contributed by atoms with Crippen LogP contribution in [0.1, 0.15) is 25.0 Å². The zero-order valence-corrected chi connectivity index (χ0v) is 14.9. The number of amides is 2. The molecule has 6 nitrogen and oxygen atoms in total. The predicted molar refractivity (Wildman–Crippen MR) is 96.2 cm³/mol. The number of carbonyl (C=O) groups is 2. The summed E-state index contributed by atoms with van der Waals surface area (Å²) in [6, 6.07) is 9.10. The second-order valence-electron chi connectivity index (χ2n) is 6.32. The second kappa shape index (κ2) is 7.79. The van der Waals surface area contributed by atoms with E-state index in [0.717, 1.165) is 11.1 Å². The number of rotatable bonds is 6. The Labute approximate surface area is 147 Å². The first-order valence-corrected chi connectivity index (χ1v) is 7.98. The molecule has 6 heteroatoms. The third-order valence-corrected chi connectivity index (χ3v) is 3.94. The van der Waals surface area contributed by atoms with E-state index in [0.29, 0.717) is 18.0 Å². The molecule has 2 amide bonds. The van der Waals surface area contributed by atoms with Crippen molar-refractivity contribution < 1.29 is 14.3 Å². The van der Waals surface area contributed by atoms with Crippen molar-refractivity contribution in [2.45, 2.75) is 27.3 Å². The van der Waals surface area contributed by atoms with Crippen LogP contribution >= 0.6 is 0 Å². The zero-order valence-electron chi connectivity index (χ0n) is 14.9. The number of nitrogens with one attached hydrogen (secondary N) is 2. The van der Waals surface area contributed by atoms with Gasteiger partial charge in [-0.1, -0.05) is 6.07 Å². The first-order valence-electron chi connectivity index (χ1n) is 7.98. The standard InChI is InChI=1S/C19H23N3O3/c1-13-5-6-16(25-4)15(11-13)22-18(24)19(2,3)17(23)21-12-14-7-9-20-10-8-14/h5-11H,12H2,1-4H3,(H,21,23)(H,22,24). The molecule has 0 aliphatic carbocycles. The van der Waals surface area contributed by atoms with E-state index in [1.165, 1.54) is 7.11 Å². The topological polar surface area (TPSA) is 80.3 Å². The number of nitrogens with zero attached hydrogens (tertiary/aromatic N) is 1. The lowest BCUT2D eigenvalue weighted by Crippen LogP contribution is -2.44. The minimum atomic E-state index is -1.23. The molecule has 1 aromatic heterocycles. The van der Waals surface area contributed by atoms with Crippen molar-refractivity contribution >= 4 is 17.5 Å². The first kappa shape index (κ1) is 18.4. The van der Waals surface area contributed by atoms with Gasteiger partial charge in [-0.3, -0.25) is 14.6 Å². The molecule has 25 heavy (non-hydrogen) atoms. The van der Waals surface area contributed by atoms with E-state index in [2.05, 4.69) is 15.6 Å². The Hall–Kier alpha value is -2.89. The van der Waals surface area contributed by atoms with E-state index < -0.39 is 11.3 Å². The summed E-state index contributed by atoms with van der Waals surface area (Å²) >= 11 is 0. The van der Waals surface area contributed by atoms with Crippen LogP contribution in [0.3, 0.4) is 0 Å². The van der Waals surface area contributed by atoms with Crippen LogP contribution in [0.4, 0.5) is 5.69 Å². The molecule has 1 aromatic carbocycles. The molecular weight excluding hydrogens is 318 g/mol. The minimum absolute atomic E-state index is 0.339. The summed E-state index contributed by atoms with van der Waals surface area (Å²) in [5.41, 5.74) is 1.21. The Morgan fingerprint density at radius 2 is 1.80 bits per heavy atom. The first-order chi connectivity index (χ1) is 11.8. The third-order valence-electron chi connectivity index (χ3n) is 3.94. The maximum Gasteiger partial charge on any atom is 0.239 e. The van der Waals surface area contributed by atoms with Gasteiger partial charge in [0.05, 0.1) is 12.8 Å². The molecule has 0 atom stereocenters. The lowest BCUT2D eigenvalue weighted by molar-refractivity contribution is -0.138. The van der Waals surface area contributed by atoms with Crippen molar-refractivity contribution in [3.8, 4) is 5.75 Å². The lowest BCUT2D eigenvalue weighted by atomic mass is 9.90. The maximum absolute atomic E-state index is 12.6. The van der Waals surface area contributed by atoms with Crippen LogP contribution in [-0.2, 0) is 16.1 Å². The normalized spacial score (nSPS) is 10.9. The van der Waals surface area contributed by atoms with Crippen molar-refractivity contribution in [3.05, 3.63) is 53.9 Å². The Kier molecular flexibility index (Phi) is 5.75. The summed E-state index contributed by atoms with van der Waals surface area (Å²) in [4.78, 5) is 29.0. The molecule has 0 fully saturated rings. The van der Waals surface area contributed by atoms with Gasteiger partial charge in [-0.2, -0.15) is 0 Å². The van der Waals surface area contributed by atoms with Gasteiger partial charge in [0, 0.05) is 18.9 Å². The van der Waals surface area contributed by atoms with Crippen LogP contribution in [0.15, 0.2) is 42.7 Å². The van der Waals surface area contributed by atoms with Crippen LogP contribution in [0.25, 0.3) is 0 Å². The van der Waals surface area contributed by atoms with E-state index in [1.807, 2.05) is 31.2 Å². The van der Waals surface area contributed by atoms with Crippen LogP contribution in [0, 0.1) is 12.3 Å². The van der Waals surface area contributed by atoms with Gasteiger partial charge in [-0.05, 0) is 56.2 Å². The molecule has 0 radical (unpaired) electrons. The highest BCUT2D eigenvalue weighted by Crippen LogP contribution is 2.27. The maximum atomic E-state index is 12.6. The molecule has 2 aromatic rings. The molecule has 0 unspecified atom stereocenters. The summed E-state index contributed by atoms with van der Waals surface area (Å²) in [6.07, 6.45) is 3.31. The number of pyridine rings is 1. The van der Waals surface area contributed by atoms with Crippen LogP contribution < -0.4 is 15.4 Å². The number of hydrogen-bond donors (Lipinski definition) is 2. The predicted octanol–water partition coefficient (Wildman–Crippen LogP) is 2.68. The second-order valence-corrected chi connectivity index (χ2v) is 6.32. The fourth-order valence-corrected chi connectivity index (χ4v) is 2.21. The summed E-state index contributed by atoms with van der Waals surface area (Å²) in [6.45, 7) is 5.44. The highest BCUT2D eigenvalue weighted by molar-refractivity contribution is 6.10. The number of carbonyl (C=O) groups excluding carboxylic acids is 2. The van der Waals surface area contributed by atoms with Crippen molar-refractivity contribution in [2.75, 3.05) is 12.4 Å². The SMILES string of the molecule is COc1ccc(C)cc1NC(=O)C(C)(C)C(=O)NCc1ccncc1. The summed E-state index contributed by atoms with van der Waals surface area (Å²) < 4.78 is 5.26. The zero-order chi connectivity index (χ0) is 18.4. The van der Waals surface area contributed by atoms with E-state index in [-0.39, 0.29) is 5.91 Å². The van der Waals surface area contributed by atoms with Crippen molar-refractivity contribution in [1.82, 2.24) is 10.3 Å². The molecule has 0 spiro atoms. The average molecular weight is 341 g/mol. The fraction of sp³-hybridized carbons (Fsp3) is 0.316. The van der Waals surface area contributed by atoms with Gasteiger partial charge in [0.25, 0.3) is 0 Å². The number of ether oxygens (including phenoxy) is 1. The minimum Gasteiger partial charge on any atom is -0.495 e. The van der Waals surface area contributed by atoms with Gasteiger partial charge < -0.3 is 15.4 Å². The number of hydrogen-bond acceptors (Lipinski definition) is 4. The molecular formula is C19H23N3O3. The largest absolute Gasteiger partial charge is 0.495 e. The number of aryl methyl sites for hydroxylation is 1. The molecule has 2 rings (SSSR count).